The molecule has 0 bridgehead atoms. The first-order valence-electron chi connectivity index (χ1n) is 7.21. The number of tetrazole rings is 1. The van der Waals surface area contributed by atoms with Crippen LogP contribution in [0, 0.1) is 6.92 Å². The van der Waals surface area contributed by atoms with Crippen LogP contribution in [0.25, 0.3) is 5.69 Å². The summed E-state index contributed by atoms with van der Waals surface area (Å²) in [7, 11) is 1.65. The number of methoxy groups -OCH3 is 1. The van der Waals surface area contributed by atoms with Gasteiger partial charge in [-0.25, -0.2) is 0 Å². The van der Waals surface area contributed by atoms with Crippen molar-refractivity contribution in [3.63, 3.8) is 0 Å². The molecule has 0 aliphatic carbocycles. The average Bonchev–Trinajstić information content (AvgIpc) is 3.05. The van der Waals surface area contributed by atoms with Gasteiger partial charge in [0.05, 0.1) is 22.8 Å². The Labute approximate surface area is 149 Å². The number of ether oxygens (including phenoxy) is 1. The Kier molecular flexibility index (Phi) is 4.87. The number of halogens is 2. The minimum atomic E-state index is 0.395. The van der Waals surface area contributed by atoms with Crippen LogP contribution in [0.2, 0.25) is 10.0 Å². The number of aromatic nitrogens is 4. The monoisotopic (exact) mass is 363 g/mol. The van der Waals surface area contributed by atoms with Crippen LogP contribution in [0.5, 0.6) is 5.75 Å². The van der Waals surface area contributed by atoms with Crippen molar-refractivity contribution in [2.75, 3.05) is 12.4 Å². The molecule has 2 aromatic carbocycles. The maximum Gasteiger partial charge on any atom is 0.248 e. The zero-order valence-corrected chi connectivity index (χ0v) is 14.6. The van der Waals surface area contributed by atoms with Crippen molar-refractivity contribution in [1.82, 2.24) is 20.2 Å². The highest BCUT2D eigenvalue weighted by atomic mass is 35.5. The first kappa shape index (κ1) is 16.5. The topological polar surface area (TPSA) is 64.9 Å². The van der Waals surface area contributed by atoms with Gasteiger partial charge in [-0.1, -0.05) is 46.5 Å². The summed E-state index contributed by atoms with van der Waals surface area (Å²) in [6.45, 7) is 2.55. The van der Waals surface area contributed by atoms with Crippen molar-refractivity contribution in [3.8, 4) is 11.4 Å². The highest BCUT2D eigenvalue weighted by Crippen LogP contribution is 2.29. The number of hydrogen-bond acceptors (Lipinski definition) is 5. The van der Waals surface area contributed by atoms with E-state index >= 15 is 0 Å². The molecule has 0 unspecified atom stereocenters. The molecule has 1 heterocycles. The maximum absolute atomic E-state index is 6.25. The van der Waals surface area contributed by atoms with Crippen molar-refractivity contribution in [3.05, 3.63) is 57.6 Å². The minimum absolute atomic E-state index is 0.395. The van der Waals surface area contributed by atoms with Crippen molar-refractivity contribution >= 4 is 29.2 Å². The van der Waals surface area contributed by atoms with Gasteiger partial charge in [0.1, 0.15) is 5.75 Å². The Balaban J connectivity index is 1.86. The van der Waals surface area contributed by atoms with Gasteiger partial charge < -0.3 is 10.1 Å². The first-order valence-corrected chi connectivity index (χ1v) is 7.96. The third-order valence-electron chi connectivity index (χ3n) is 3.68. The van der Waals surface area contributed by atoms with Crippen LogP contribution >= 0.6 is 23.2 Å². The number of nitrogens with one attached hydrogen (secondary N) is 1. The first-order chi connectivity index (χ1) is 11.6. The van der Waals surface area contributed by atoms with E-state index in [1.54, 1.807) is 25.3 Å². The second-order valence-corrected chi connectivity index (χ2v) is 5.87. The van der Waals surface area contributed by atoms with Crippen LogP contribution in [0.4, 0.5) is 5.95 Å². The smallest absolute Gasteiger partial charge is 0.248 e. The lowest BCUT2D eigenvalue weighted by Gasteiger charge is -2.12. The number of hydrogen-bond donors (Lipinski definition) is 1. The highest BCUT2D eigenvalue weighted by molar-refractivity contribution is 6.43. The number of rotatable bonds is 5. The van der Waals surface area contributed by atoms with E-state index in [1.807, 2.05) is 25.1 Å². The van der Waals surface area contributed by atoms with Gasteiger partial charge >= 0.3 is 0 Å². The third kappa shape index (κ3) is 3.16. The normalized spacial score (nSPS) is 10.7. The molecule has 0 aliphatic rings. The largest absolute Gasteiger partial charge is 0.496 e. The molecule has 124 valence electrons. The molecule has 0 spiro atoms. The summed E-state index contributed by atoms with van der Waals surface area (Å²) in [6.07, 6.45) is 0. The van der Waals surface area contributed by atoms with E-state index in [-0.39, 0.29) is 0 Å². The van der Waals surface area contributed by atoms with Gasteiger partial charge in [0, 0.05) is 6.54 Å². The van der Waals surface area contributed by atoms with Crippen molar-refractivity contribution in [1.29, 1.82) is 0 Å². The fourth-order valence-electron chi connectivity index (χ4n) is 2.36. The molecule has 3 aromatic rings. The van der Waals surface area contributed by atoms with Gasteiger partial charge in [0.25, 0.3) is 0 Å². The zero-order valence-electron chi connectivity index (χ0n) is 13.1. The van der Waals surface area contributed by atoms with Crippen LogP contribution in [0.15, 0.2) is 36.4 Å². The van der Waals surface area contributed by atoms with Crippen LogP contribution < -0.4 is 10.1 Å². The van der Waals surface area contributed by atoms with E-state index in [0.29, 0.717) is 28.2 Å². The van der Waals surface area contributed by atoms with E-state index in [4.69, 9.17) is 27.9 Å². The molecule has 24 heavy (non-hydrogen) atoms. The minimum Gasteiger partial charge on any atom is -0.496 e. The van der Waals surface area contributed by atoms with Gasteiger partial charge in [0.2, 0.25) is 5.95 Å². The standard InChI is InChI=1S/C16H15Cl2N5O/c1-10-11(5-3-8-14(10)24-2)9-19-16-20-21-22-23(16)13-7-4-6-12(17)15(13)18/h3-8H,9H2,1-2H3,(H,19,20,22). The second kappa shape index (κ2) is 7.07. The molecule has 3 rings (SSSR count). The Morgan fingerprint density at radius 3 is 2.75 bits per heavy atom. The average molecular weight is 364 g/mol. The molecule has 6 nitrogen and oxygen atoms in total. The highest BCUT2D eigenvalue weighted by Gasteiger charge is 2.13. The molecule has 0 radical (unpaired) electrons. The number of benzene rings is 2. The number of anilines is 1. The van der Waals surface area contributed by atoms with Gasteiger partial charge in [0.15, 0.2) is 0 Å². The van der Waals surface area contributed by atoms with Gasteiger partial charge in [-0.2, -0.15) is 4.68 Å². The second-order valence-electron chi connectivity index (χ2n) is 5.09. The molecule has 0 saturated carbocycles. The predicted molar refractivity (Wildman–Crippen MR) is 94.2 cm³/mol. The van der Waals surface area contributed by atoms with Crippen LogP contribution in [-0.2, 0) is 6.54 Å². The van der Waals surface area contributed by atoms with E-state index in [2.05, 4.69) is 20.8 Å². The molecular formula is C16H15Cl2N5O. The molecule has 0 fully saturated rings. The number of nitrogens with zero attached hydrogens (tertiary/aromatic N) is 4. The van der Waals surface area contributed by atoms with Crippen molar-refractivity contribution < 1.29 is 4.74 Å². The predicted octanol–water partition coefficient (Wildman–Crippen LogP) is 3.90. The lowest BCUT2D eigenvalue weighted by Crippen LogP contribution is -2.09. The maximum atomic E-state index is 6.25. The quantitative estimate of drug-likeness (QED) is 0.744. The third-order valence-corrected chi connectivity index (χ3v) is 4.49. The van der Waals surface area contributed by atoms with E-state index in [9.17, 15) is 0 Å². The summed E-state index contributed by atoms with van der Waals surface area (Å²) < 4.78 is 6.86. The molecule has 1 aromatic heterocycles. The summed E-state index contributed by atoms with van der Waals surface area (Å²) >= 11 is 12.3. The van der Waals surface area contributed by atoms with Gasteiger partial charge in [-0.05, 0) is 46.7 Å². The fraction of sp³-hybridized carbons (Fsp3) is 0.188. The summed E-state index contributed by atoms with van der Waals surface area (Å²) in [5.41, 5.74) is 2.76. The molecule has 0 amide bonds. The van der Waals surface area contributed by atoms with E-state index in [1.165, 1.54) is 4.68 Å². The van der Waals surface area contributed by atoms with Crippen LogP contribution in [0.1, 0.15) is 11.1 Å². The molecule has 8 heteroatoms. The fourth-order valence-corrected chi connectivity index (χ4v) is 2.74. The van der Waals surface area contributed by atoms with Crippen molar-refractivity contribution in [2.24, 2.45) is 0 Å². The lowest BCUT2D eigenvalue weighted by molar-refractivity contribution is 0.411. The van der Waals surface area contributed by atoms with E-state index < -0.39 is 0 Å². The lowest BCUT2D eigenvalue weighted by atomic mass is 10.1. The van der Waals surface area contributed by atoms with Gasteiger partial charge in [-0.3, -0.25) is 0 Å². The Hall–Kier alpha value is -2.31. The van der Waals surface area contributed by atoms with Crippen LogP contribution in [0.3, 0.4) is 0 Å². The summed E-state index contributed by atoms with van der Waals surface area (Å²) in [5, 5.41) is 15.8. The zero-order chi connectivity index (χ0) is 17.1. The Morgan fingerprint density at radius 2 is 1.96 bits per heavy atom. The summed E-state index contributed by atoms with van der Waals surface area (Å²) in [6, 6.07) is 11.2. The Morgan fingerprint density at radius 1 is 1.17 bits per heavy atom. The van der Waals surface area contributed by atoms with Crippen molar-refractivity contribution in [2.45, 2.75) is 13.5 Å². The van der Waals surface area contributed by atoms with Crippen LogP contribution in [-0.4, -0.2) is 27.3 Å². The molecular weight excluding hydrogens is 349 g/mol. The molecule has 1 N–H and O–H groups in total. The summed E-state index contributed by atoms with van der Waals surface area (Å²) in [4.78, 5) is 0. The molecule has 0 aliphatic heterocycles. The molecule has 0 atom stereocenters. The SMILES string of the molecule is COc1cccc(CNc2nnnn2-c2cccc(Cl)c2Cl)c1C. The Bertz CT molecular complexity index is 865. The van der Waals surface area contributed by atoms with Gasteiger partial charge in [-0.15, -0.1) is 0 Å². The van der Waals surface area contributed by atoms with E-state index in [0.717, 1.165) is 16.9 Å². The molecule has 0 saturated heterocycles. The summed E-state index contributed by atoms with van der Waals surface area (Å²) in [5.74, 6) is 1.31.